The van der Waals surface area contributed by atoms with E-state index < -0.39 is 30.3 Å². The largest absolute Gasteiger partial charge is 0.411 e. The molecule has 0 aliphatic rings. The number of hydrogen-bond donors (Lipinski definition) is 1. The fourth-order valence-corrected chi connectivity index (χ4v) is 2.25. The molecule has 0 aliphatic heterocycles. The second-order valence-corrected chi connectivity index (χ2v) is 5.76. The van der Waals surface area contributed by atoms with Gasteiger partial charge >= 0.3 is 6.18 Å². The molecule has 2 rings (SSSR count). The quantitative estimate of drug-likeness (QED) is 0.574. The Labute approximate surface area is 150 Å². The van der Waals surface area contributed by atoms with Crippen LogP contribution in [0.3, 0.4) is 0 Å². The van der Waals surface area contributed by atoms with Crippen LogP contribution >= 0.6 is 11.6 Å². The average Bonchev–Trinajstić information content (AvgIpc) is 2.56. The van der Waals surface area contributed by atoms with E-state index in [1.165, 1.54) is 0 Å². The molecule has 2 aromatic carbocycles. The highest BCUT2D eigenvalue weighted by molar-refractivity contribution is 6.33. The lowest BCUT2D eigenvalue weighted by molar-refractivity contribution is -0.176. The van der Waals surface area contributed by atoms with Crippen molar-refractivity contribution in [2.45, 2.75) is 19.3 Å². The molecule has 0 unspecified atom stereocenters. The van der Waals surface area contributed by atoms with Crippen molar-refractivity contribution >= 4 is 17.5 Å². The maximum Gasteiger partial charge on any atom is 0.411 e. The fourth-order valence-electron chi connectivity index (χ4n) is 2.01. The van der Waals surface area contributed by atoms with Gasteiger partial charge in [-0.1, -0.05) is 35.9 Å². The molecule has 0 fully saturated rings. The Morgan fingerprint density at radius 3 is 2.23 bits per heavy atom. The van der Waals surface area contributed by atoms with Crippen molar-refractivity contribution in [3.63, 3.8) is 0 Å². The second kappa shape index (κ2) is 8.46. The van der Waals surface area contributed by atoms with E-state index in [2.05, 4.69) is 10.1 Å². The number of nitrogens with one attached hydrogen (secondary N) is 1. The van der Waals surface area contributed by atoms with Crippen LogP contribution in [0.1, 0.15) is 21.5 Å². The summed E-state index contributed by atoms with van der Waals surface area (Å²) in [4.78, 5) is 12.0. The van der Waals surface area contributed by atoms with E-state index >= 15 is 0 Å². The van der Waals surface area contributed by atoms with Gasteiger partial charge in [-0.3, -0.25) is 4.79 Å². The number of ether oxygens (including phenoxy) is 1. The van der Waals surface area contributed by atoms with Gasteiger partial charge in [0.25, 0.3) is 5.91 Å². The molecule has 0 spiro atoms. The van der Waals surface area contributed by atoms with Crippen LogP contribution in [0.25, 0.3) is 0 Å². The number of carbonyl (C=O) groups excluding carboxylic acids is 1. The van der Waals surface area contributed by atoms with E-state index in [0.717, 1.165) is 0 Å². The molecule has 26 heavy (non-hydrogen) atoms. The van der Waals surface area contributed by atoms with Crippen molar-refractivity contribution in [3.05, 3.63) is 69.7 Å². The van der Waals surface area contributed by atoms with E-state index in [4.69, 9.17) is 11.6 Å². The SMILES string of the molecule is O=C(NCc1ccc(COCC(F)(F)F)cc1)c1cc(F)c(F)cc1Cl. The van der Waals surface area contributed by atoms with Crippen molar-refractivity contribution in [1.82, 2.24) is 5.32 Å². The number of benzene rings is 2. The fraction of sp³-hybridized carbons (Fsp3) is 0.235. The van der Waals surface area contributed by atoms with Gasteiger partial charge in [-0.25, -0.2) is 8.78 Å². The Hall–Kier alpha value is -2.19. The monoisotopic (exact) mass is 393 g/mol. The first-order valence-corrected chi connectivity index (χ1v) is 7.68. The summed E-state index contributed by atoms with van der Waals surface area (Å²) in [6.45, 7) is -1.46. The summed E-state index contributed by atoms with van der Waals surface area (Å²) in [6.07, 6.45) is -4.38. The van der Waals surface area contributed by atoms with Gasteiger partial charge in [-0.05, 0) is 23.3 Å². The number of hydrogen-bond acceptors (Lipinski definition) is 2. The molecule has 0 saturated heterocycles. The van der Waals surface area contributed by atoms with E-state index in [1.54, 1.807) is 24.3 Å². The summed E-state index contributed by atoms with van der Waals surface area (Å²) in [5.74, 6) is -3.04. The van der Waals surface area contributed by atoms with E-state index in [9.17, 15) is 26.7 Å². The molecule has 9 heteroatoms. The van der Waals surface area contributed by atoms with E-state index in [-0.39, 0.29) is 23.7 Å². The summed E-state index contributed by atoms with van der Waals surface area (Å²) in [5.41, 5.74) is 0.979. The van der Waals surface area contributed by atoms with Gasteiger partial charge in [0.2, 0.25) is 0 Å². The van der Waals surface area contributed by atoms with Gasteiger partial charge in [0, 0.05) is 6.54 Å². The van der Waals surface area contributed by atoms with Crippen LogP contribution in [-0.4, -0.2) is 18.7 Å². The highest BCUT2D eigenvalue weighted by atomic mass is 35.5. The van der Waals surface area contributed by atoms with Crippen LogP contribution in [0, 0.1) is 11.6 Å². The summed E-state index contributed by atoms with van der Waals surface area (Å²) < 4.78 is 66.7. The molecule has 3 nitrogen and oxygen atoms in total. The van der Waals surface area contributed by atoms with E-state index in [1.807, 2.05) is 0 Å². The Morgan fingerprint density at radius 1 is 1.04 bits per heavy atom. The summed E-state index contributed by atoms with van der Waals surface area (Å²) in [5, 5.41) is 2.27. The first-order chi connectivity index (χ1) is 12.2. The third kappa shape index (κ3) is 5.96. The maximum atomic E-state index is 13.2. The Bertz CT molecular complexity index is 778. The molecule has 0 saturated carbocycles. The van der Waals surface area contributed by atoms with Gasteiger partial charge in [-0.15, -0.1) is 0 Å². The Kier molecular flexibility index (Phi) is 6.55. The number of alkyl halides is 3. The van der Waals surface area contributed by atoms with Crippen LogP contribution in [0.4, 0.5) is 22.0 Å². The molecular weight excluding hydrogens is 381 g/mol. The zero-order valence-corrected chi connectivity index (χ0v) is 13.9. The standard InChI is InChI=1S/C17H13ClF5NO2/c18-13-6-15(20)14(19)5-12(13)16(25)24-7-10-1-3-11(4-2-10)8-26-9-17(21,22)23/h1-6H,7-9H2,(H,24,25). The first kappa shape index (κ1) is 20.1. The third-order valence-electron chi connectivity index (χ3n) is 3.27. The molecule has 0 heterocycles. The maximum absolute atomic E-state index is 13.2. The minimum Gasteiger partial charge on any atom is -0.367 e. The number of rotatable bonds is 6. The number of halogens is 6. The molecule has 1 N–H and O–H groups in total. The topological polar surface area (TPSA) is 38.3 Å². The normalized spacial score (nSPS) is 11.5. The van der Waals surface area contributed by atoms with Crippen molar-refractivity contribution in [1.29, 1.82) is 0 Å². The van der Waals surface area contributed by atoms with Crippen LogP contribution in [0.2, 0.25) is 5.02 Å². The lowest BCUT2D eigenvalue weighted by Gasteiger charge is -2.09. The Balaban J connectivity index is 1.89. The third-order valence-corrected chi connectivity index (χ3v) is 3.58. The first-order valence-electron chi connectivity index (χ1n) is 7.31. The second-order valence-electron chi connectivity index (χ2n) is 5.35. The highest BCUT2D eigenvalue weighted by Crippen LogP contribution is 2.20. The lowest BCUT2D eigenvalue weighted by atomic mass is 10.1. The molecule has 0 radical (unpaired) electrons. The molecule has 0 aliphatic carbocycles. The minimum absolute atomic E-state index is 0.0673. The molecule has 140 valence electrons. The predicted molar refractivity (Wildman–Crippen MR) is 84.7 cm³/mol. The summed E-state index contributed by atoms with van der Waals surface area (Å²) in [6, 6.07) is 7.72. The van der Waals surface area contributed by atoms with Crippen molar-refractivity contribution in [2.75, 3.05) is 6.61 Å². The van der Waals surface area contributed by atoms with Crippen LogP contribution < -0.4 is 5.32 Å². The van der Waals surface area contributed by atoms with Gasteiger partial charge in [0.05, 0.1) is 17.2 Å². The molecule has 0 bridgehead atoms. The number of amides is 1. The minimum atomic E-state index is -4.38. The summed E-state index contributed by atoms with van der Waals surface area (Å²) >= 11 is 5.72. The van der Waals surface area contributed by atoms with Crippen LogP contribution in [-0.2, 0) is 17.9 Å². The molecule has 0 atom stereocenters. The van der Waals surface area contributed by atoms with Crippen molar-refractivity contribution in [3.8, 4) is 0 Å². The molecule has 2 aromatic rings. The predicted octanol–water partition coefficient (Wildman–Crippen LogP) is 4.63. The number of carbonyl (C=O) groups is 1. The van der Waals surface area contributed by atoms with Crippen LogP contribution in [0.5, 0.6) is 0 Å². The zero-order valence-electron chi connectivity index (χ0n) is 13.2. The molecule has 1 amide bonds. The van der Waals surface area contributed by atoms with Crippen molar-refractivity contribution < 1.29 is 31.5 Å². The molecule has 0 aromatic heterocycles. The van der Waals surface area contributed by atoms with Gasteiger partial charge < -0.3 is 10.1 Å². The van der Waals surface area contributed by atoms with Gasteiger partial charge in [-0.2, -0.15) is 13.2 Å². The Morgan fingerprint density at radius 2 is 1.62 bits per heavy atom. The van der Waals surface area contributed by atoms with E-state index in [0.29, 0.717) is 23.3 Å². The summed E-state index contributed by atoms with van der Waals surface area (Å²) in [7, 11) is 0. The lowest BCUT2D eigenvalue weighted by Crippen LogP contribution is -2.23. The van der Waals surface area contributed by atoms with Gasteiger partial charge in [0.1, 0.15) is 6.61 Å². The smallest absolute Gasteiger partial charge is 0.367 e. The molecular formula is C17H13ClF5NO2. The average molecular weight is 394 g/mol. The van der Waals surface area contributed by atoms with Gasteiger partial charge in [0.15, 0.2) is 11.6 Å². The van der Waals surface area contributed by atoms with Crippen LogP contribution in [0.15, 0.2) is 36.4 Å². The highest BCUT2D eigenvalue weighted by Gasteiger charge is 2.27. The zero-order chi connectivity index (χ0) is 19.3. The van der Waals surface area contributed by atoms with Crippen molar-refractivity contribution in [2.24, 2.45) is 0 Å².